The maximum atomic E-state index is 13.0. The van der Waals surface area contributed by atoms with Gasteiger partial charge in [-0.25, -0.2) is 0 Å². The average molecular weight is 579 g/mol. The SMILES string of the molecule is CC1c2cc(OCOC3CCC(OCC4CO4)CC3)ccc2-c2ccc(OC(=O)C3CCC(OCC4CO4)CC3)cc21. The van der Waals surface area contributed by atoms with Crippen molar-refractivity contribution in [3.8, 4) is 22.6 Å². The van der Waals surface area contributed by atoms with Crippen LogP contribution < -0.4 is 9.47 Å². The Morgan fingerprint density at radius 2 is 1.21 bits per heavy atom. The molecule has 0 spiro atoms. The zero-order valence-electron chi connectivity index (χ0n) is 24.5. The predicted molar refractivity (Wildman–Crippen MR) is 155 cm³/mol. The van der Waals surface area contributed by atoms with E-state index in [1.165, 1.54) is 22.3 Å². The third-order valence-electron chi connectivity index (χ3n) is 9.49. The molecule has 42 heavy (non-hydrogen) atoms. The molecule has 226 valence electrons. The molecule has 0 bridgehead atoms. The summed E-state index contributed by atoms with van der Waals surface area (Å²) >= 11 is 0. The van der Waals surface area contributed by atoms with Crippen molar-refractivity contribution in [1.29, 1.82) is 0 Å². The minimum Gasteiger partial charge on any atom is -0.468 e. The van der Waals surface area contributed by atoms with E-state index in [0.717, 1.165) is 76.9 Å². The van der Waals surface area contributed by atoms with Crippen LogP contribution in [0.2, 0.25) is 0 Å². The van der Waals surface area contributed by atoms with Gasteiger partial charge in [0.05, 0.1) is 50.7 Å². The van der Waals surface area contributed by atoms with Crippen molar-refractivity contribution in [2.75, 3.05) is 33.2 Å². The van der Waals surface area contributed by atoms with Crippen molar-refractivity contribution in [3.63, 3.8) is 0 Å². The van der Waals surface area contributed by atoms with Gasteiger partial charge in [0, 0.05) is 5.92 Å². The summed E-state index contributed by atoms with van der Waals surface area (Å²) in [7, 11) is 0. The van der Waals surface area contributed by atoms with Crippen LogP contribution in [0.4, 0.5) is 0 Å². The molecule has 2 aromatic rings. The van der Waals surface area contributed by atoms with Crippen molar-refractivity contribution >= 4 is 5.97 Å². The number of epoxide rings is 2. The van der Waals surface area contributed by atoms with Crippen LogP contribution in [0.5, 0.6) is 11.5 Å². The van der Waals surface area contributed by atoms with Crippen LogP contribution in [0, 0.1) is 5.92 Å². The number of rotatable bonds is 12. The lowest BCUT2D eigenvalue weighted by molar-refractivity contribution is -0.141. The van der Waals surface area contributed by atoms with E-state index in [4.69, 9.17) is 33.2 Å². The average Bonchev–Trinajstić information content (AvgIpc) is 3.96. The van der Waals surface area contributed by atoms with Crippen molar-refractivity contribution in [2.45, 2.75) is 94.7 Å². The van der Waals surface area contributed by atoms with E-state index in [9.17, 15) is 4.79 Å². The molecule has 4 fully saturated rings. The monoisotopic (exact) mass is 578 g/mol. The summed E-state index contributed by atoms with van der Waals surface area (Å²) in [6, 6.07) is 12.3. The highest BCUT2D eigenvalue weighted by Gasteiger charge is 2.32. The van der Waals surface area contributed by atoms with Crippen LogP contribution in [0.15, 0.2) is 36.4 Å². The molecule has 2 aromatic carbocycles. The molecule has 0 aromatic heterocycles. The van der Waals surface area contributed by atoms with Gasteiger partial charge in [0.1, 0.15) is 23.7 Å². The standard InChI is InChI=1S/C34H42O8/c1-21-32-14-26(41-20-40-25-8-6-24(7-9-25)37-17-29-19-39-29)10-12-30(32)31-13-11-27(15-33(21)31)42-34(35)22-2-4-23(5-3-22)36-16-28-18-38-28/h10-15,21-25,28-29H,2-9,16-20H2,1H3. The minimum absolute atomic E-state index is 0.0716. The van der Waals surface area contributed by atoms with Gasteiger partial charge in [0.2, 0.25) is 0 Å². The number of ether oxygens (including phenoxy) is 7. The van der Waals surface area contributed by atoms with Crippen LogP contribution >= 0.6 is 0 Å². The van der Waals surface area contributed by atoms with Crippen molar-refractivity contribution in [2.24, 2.45) is 5.92 Å². The molecule has 8 heteroatoms. The van der Waals surface area contributed by atoms with Crippen LogP contribution in [-0.2, 0) is 28.5 Å². The van der Waals surface area contributed by atoms with Gasteiger partial charge in [0.15, 0.2) is 6.79 Å². The summed E-state index contributed by atoms with van der Waals surface area (Å²) in [5.41, 5.74) is 4.78. The third-order valence-corrected chi connectivity index (χ3v) is 9.49. The molecule has 3 aliphatic carbocycles. The van der Waals surface area contributed by atoms with E-state index < -0.39 is 0 Å². The first kappa shape index (κ1) is 28.3. The zero-order chi connectivity index (χ0) is 28.5. The molecule has 0 N–H and O–H groups in total. The summed E-state index contributed by atoms with van der Waals surface area (Å²) in [6.07, 6.45) is 8.81. The molecule has 2 heterocycles. The number of esters is 1. The van der Waals surface area contributed by atoms with E-state index >= 15 is 0 Å². The smallest absolute Gasteiger partial charge is 0.314 e. The van der Waals surface area contributed by atoms with E-state index in [1.807, 2.05) is 18.2 Å². The second-order valence-corrected chi connectivity index (χ2v) is 12.5. The number of benzene rings is 2. The maximum absolute atomic E-state index is 13.0. The highest BCUT2D eigenvalue weighted by Crippen LogP contribution is 2.47. The third kappa shape index (κ3) is 6.84. The Hall–Kier alpha value is -2.49. The van der Waals surface area contributed by atoms with Crippen molar-refractivity contribution in [1.82, 2.24) is 0 Å². The highest BCUT2D eigenvalue weighted by molar-refractivity contribution is 5.81. The molecular formula is C34H42O8. The topological polar surface area (TPSA) is 88.3 Å². The lowest BCUT2D eigenvalue weighted by Gasteiger charge is -2.28. The van der Waals surface area contributed by atoms with E-state index in [1.54, 1.807) is 0 Å². The first-order valence-electron chi connectivity index (χ1n) is 15.8. The Bertz CT molecular complexity index is 1240. The van der Waals surface area contributed by atoms with Gasteiger partial charge < -0.3 is 33.2 Å². The summed E-state index contributed by atoms with van der Waals surface area (Å²) in [5.74, 6) is 1.40. The Labute approximate surface area is 247 Å². The molecule has 0 amide bonds. The van der Waals surface area contributed by atoms with Gasteiger partial charge in [0.25, 0.3) is 0 Å². The Morgan fingerprint density at radius 1 is 0.714 bits per heavy atom. The first-order chi connectivity index (χ1) is 20.6. The first-order valence-corrected chi connectivity index (χ1v) is 15.8. The van der Waals surface area contributed by atoms with Crippen LogP contribution in [0.25, 0.3) is 11.1 Å². The van der Waals surface area contributed by atoms with Crippen LogP contribution in [0.3, 0.4) is 0 Å². The molecule has 3 atom stereocenters. The van der Waals surface area contributed by atoms with E-state index in [-0.39, 0.29) is 42.9 Å². The molecule has 7 rings (SSSR count). The van der Waals surface area contributed by atoms with Crippen molar-refractivity contribution in [3.05, 3.63) is 47.5 Å². The summed E-state index contributed by atoms with van der Waals surface area (Å²) in [5, 5.41) is 0. The van der Waals surface area contributed by atoms with Gasteiger partial charge in [-0.1, -0.05) is 19.1 Å². The number of carbonyl (C=O) groups is 1. The Morgan fingerprint density at radius 3 is 1.79 bits per heavy atom. The fraction of sp³-hybridized carbons (Fsp3) is 0.618. The highest BCUT2D eigenvalue weighted by atomic mass is 16.7. The number of carbonyl (C=O) groups excluding carboxylic acids is 1. The van der Waals surface area contributed by atoms with Crippen LogP contribution in [0.1, 0.15) is 75.3 Å². The molecule has 3 unspecified atom stereocenters. The second kappa shape index (κ2) is 12.6. The van der Waals surface area contributed by atoms with Gasteiger partial charge in [-0.15, -0.1) is 0 Å². The molecule has 2 aliphatic heterocycles. The second-order valence-electron chi connectivity index (χ2n) is 12.5. The normalized spacial score (nSPS) is 31.2. The Balaban J connectivity index is 0.880. The fourth-order valence-corrected chi connectivity index (χ4v) is 6.65. The molecule has 8 nitrogen and oxygen atoms in total. The fourth-order valence-electron chi connectivity index (χ4n) is 6.65. The largest absolute Gasteiger partial charge is 0.468 e. The number of fused-ring (bicyclic) bond motifs is 3. The lowest BCUT2D eigenvalue weighted by Crippen LogP contribution is -2.29. The summed E-state index contributed by atoms with van der Waals surface area (Å²) < 4.78 is 40.3. The molecule has 5 aliphatic rings. The minimum atomic E-state index is -0.133. The zero-order valence-corrected chi connectivity index (χ0v) is 24.5. The van der Waals surface area contributed by atoms with Gasteiger partial charge in [-0.3, -0.25) is 4.79 Å². The van der Waals surface area contributed by atoms with Gasteiger partial charge in [-0.05, 0) is 97.9 Å². The van der Waals surface area contributed by atoms with Gasteiger partial charge in [-0.2, -0.15) is 0 Å². The molecule has 0 radical (unpaired) electrons. The van der Waals surface area contributed by atoms with Crippen LogP contribution in [-0.4, -0.2) is 69.7 Å². The van der Waals surface area contributed by atoms with Gasteiger partial charge >= 0.3 is 5.97 Å². The number of hydrogen-bond acceptors (Lipinski definition) is 8. The molecule has 2 saturated carbocycles. The van der Waals surface area contributed by atoms with Crippen molar-refractivity contribution < 1.29 is 38.0 Å². The van der Waals surface area contributed by atoms with E-state index in [0.29, 0.717) is 24.6 Å². The quantitative estimate of drug-likeness (QED) is 0.136. The molecular weight excluding hydrogens is 536 g/mol. The maximum Gasteiger partial charge on any atom is 0.314 e. The summed E-state index contributed by atoms with van der Waals surface area (Å²) in [4.78, 5) is 13.0. The van der Waals surface area contributed by atoms with E-state index in [2.05, 4.69) is 25.1 Å². The molecule has 2 saturated heterocycles. The number of hydrogen-bond donors (Lipinski definition) is 0. The Kier molecular flexibility index (Phi) is 8.50. The lowest BCUT2D eigenvalue weighted by atomic mass is 9.87. The predicted octanol–water partition coefficient (Wildman–Crippen LogP) is 5.78. The summed E-state index contributed by atoms with van der Waals surface area (Å²) in [6.45, 7) is 5.49.